The van der Waals surface area contributed by atoms with Gasteiger partial charge in [-0.05, 0) is 24.2 Å². The quantitative estimate of drug-likeness (QED) is 0.368. The molecule has 2 fully saturated rings. The van der Waals surface area contributed by atoms with E-state index in [0.717, 1.165) is 12.8 Å². The minimum atomic E-state index is -0.827. The van der Waals surface area contributed by atoms with Gasteiger partial charge in [0.05, 0.1) is 7.11 Å². The highest BCUT2D eigenvalue weighted by molar-refractivity contribution is 9.09. The van der Waals surface area contributed by atoms with Crippen molar-refractivity contribution in [3.05, 3.63) is 11.3 Å². The van der Waals surface area contributed by atoms with Crippen molar-refractivity contribution < 1.29 is 19.4 Å². The van der Waals surface area contributed by atoms with Gasteiger partial charge in [0, 0.05) is 16.3 Å². The molecule has 0 aliphatic heterocycles. The number of fused-ring (bicyclic) bond motifs is 2. The van der Waals surface area contributed by atoms with E-state index >= 15 is 0 Å². The number of halogens is 1. The normalized spacial score (nSPS) is 41.1. The highest BCUT2D eigenvalue weighted by Gasteiger charge is 2.67. The van der Waals surface area contributed by atoms with Gasteiger partial charge in [-0.3, -0.25) is 4.79 Å². The first-order valence-corrected chi connectivity index (χ1v) is 7.08. The minimum Gasteiger partial charge on any atom is -0.502 e. The average Bonchev–Trinajstić information content (AvgIpc) is 2.71. The van der Waals surface area contributed by atoms with Gasteiger partial charge in [-0.1, -0.05) is 29.8 Å². The van der Waals surface area contributed by atoms with Gasteiger partial charge in [-0.15, -0.1) is 0 Å². The van der Waals surface area contributed by atoms with Crippen LogP contribution in [0.25, 0.3) is 0 Å². The van der Waals surface area contributed by atoms with Gasteiger partial charge in [-0.2, -0.15) is 0 Å². The lowest BCUT2D eigenvalue weighted by molar-refractivity contribution is -0.139. The topological polar surface area (TPSA) is 63.6 Å². The number of aliphatic hydroxyl groups is 1. The Balaban J connectivity index is 2.57. The van der Waals surface area contributed by atoms with Crippen LogP contribution in [0.1, 0.15) is 26.7 Å². The number of ether oxygens (including phenoxy) is 1. The molecular weight excluding hydrogens is 300 g/mol. The highest BCUT2D eigenvalue weighted by atomic mass is 79.9. The first-order chi connectivity index (χ1) is 8.33. The summed E-state index contributed by atoms with van der Waals surface area (Å²) in [5.41, 5.74) is -0.488. The van der Waals surface area contributed by atoms with Crippen LogP contribution in [-0.4, -0.2) is 29.3 Å². The summed E-state index contributed by atoms with van der Waals surface area (Å²) in [6.45, 7) is 3.96. The van der Waals surface area contributed by atoms with Crippen LogP contribution >= 0.6 is 15.9 Å². The zero-order valence-electron chi connectivity index (χ0n) is 10.7. The van der Waals surface area contributed by atoms with Crippen molar-refractivity contribution in [1.29, 1.82) is 0 Å². The predicted octanol–water partition coefficient (Wildman–Crippen LogP) is 2.37. The molecule has 2 aliphatic rings. The number of aliphatic hydroxyl groups excluding tert-OH is 1. The van der Waals surface area contributed by atoms with E-state index in [0.29, 0.717) is 5.33 Å². The lowest BCUT2D eigenvalue weighted by Gasteiger charge is -2.34. The SMILES string of the molecule is COC(=O)C(O)=C1C(=O)C2(C)CCC1C2(C)CBr. The molecule has 0 radical (unpaired) electrons. The van der Waals surface area contributed by atoms with Gasteiger partial charge < -0.3 is 9.84 Å². The first-order valence-electron chi connectivity index (χ1n) is 5.95. The number of hydrogen-bond donors (Lipinski definition) is 1. The van der Waals surface area contributed by atoms with E-state index in [1.165, 1.54) is 7.11 Å². The molecule has 0 spiro atoms. The number of ketones is 1. The van der Waals surface area contributed by atoms with Crippen LogP contribution in [0.2, 0.25) is 0 Å². The van der Waals surface area contributed by atoms with Crippen LogP contribution in [0, 0.1) is 16.7 Å². The summed E-state index contributed by atoms with van der Waals surface area (Å²) in [7, 11) is 1.20. The van der Waals surface area contributed by atoms with E-state index in [-0.39, 0.29) is 22.7 Å². The molecule has 5 heteroatoms. The predicted molar refractivity (Wildman–Crippen MR) is 69.4 cm³/mol. The van der Waals surface area contributed by atoms with Gasteiger partial charge in [0.25, 0.3) is 0 Å². The molecule has 100 valence electrons. The fourth-order valence-electron chi connectivity index (χ4n) is 3.43. The maximum atomic E-state index is 12.5. The van der Waals surface area contributed by atoms with E-state index < -0.39 is 17.1 Å². The van der Waals surface area contributed by atoms with Crippen molar-refractivity contribution in [3.8, 4) is 0 Å². The molecule has 0 saturated heterocycles. The van der Waals surface area contributed by atoms with Crippen molar-refractivity contribution in [2.24, 2.45) is 16.7 Å². The van der Waals surface area contributed by atoms with E-state index in [4.69, 9.17) is 0 Å². The Kier molecular flexibility index (Phi) is 3.08. The number of Topliss-reactive ketones (excluding diaryl/α,β-unsaturated/α-hetero) is 1. The van der Waals surface area contributed by atoms with Gasteiger partial charge >= 0.3 is 5.97 Å². The first kappa shape index (κ1) is 13.6. The molecule has 2 saturated carbocycles. The van der Waals surface area contributed by atoms with Gasteiger partial charge in [0.1, 0.15) is 0 Å². The number of alkyl halides is 1. The van der Waals surface area contributed by atoms with Crippen molar-refractivity contribution in [3.63, 3.8) is 0 Å². The molecule has 3 atom stereocenters. The lowest BCUT2D eigenvalue weighted by atomic mass is 9.70. The third-order valence-corrected chi connectivity index (χ3v) is 6.13. The molecule has 2 aliphatic carbocycles. The van der Waals surface area contributed by atoms with Crippen LogP contribution in [0.3, 0.4) is 0 Å². The number of hydrogen-bond acceptors (Lipinski definition) is 4. The molecule has 4 nitrogen and oxygen atoms in total. The molecule has 2 bridgehead atoms. The molecule has 0 aromatic carbocycles. The summed E-state index contributed by atoms with van der Waals surface area (Å²) in [6, 6.07) is 0. The van der Waals surface area contributed by atoms with Crippen molar-refractivity contribution in [1.82, 2.24) is 0 Å². The van der Waals surface area contributed by atoms with Crippen LogP contribution in [0.15, 0.2) is 11.3 Å². The summed E-state index contributed by atoms with van der Waals surface area (Å²) in [5, 5.41) is 10.6. The molecule has 0 aromatic rings. The molecular formula is C13H17BrO4. The Morgan fingerprint density at radius 2 is 2.17 bits per heavy atom. The van der Waals surface area contributed by atoms with Crippen molar-refractivity contribution in [2.75, 3.05) is 12.4 Å². The maximum absolute atomic E-state index is 12.5. The van der Waals surface area contributed by atoms with Crippen LogP contribution in [-0.2, 0) is 14.3 Å². The minimum absolute atomic E-state index is 0.0755. The number of methoxy groups -OCH3 is 1. The Hall–Kier alpha value is -0.840. The van der Waals surface area contributed by atoms with Crippen molar-refractivity contribution >= 4 is 27.7 Å². The molecule has 2 rings (SSSR count). The number of allylic oxidation sites excluding steroid dienone is 1. The summed E-state index contributed by atoms with van der Waals surface area (Å²) in [4.78, 5) is 23.9. The van der Waals surface area contributed by atoms with Crippen LogP contribution in [0.4, 0.5) is 0 Å². The van der Waals surface area contributed by atoms with Crippen LogP contribution < -0.4 is 0 Å². The zero-order chi connectivity index (χ0) is 13.7. The maximum Gasteiger partial charge on any atom is 0.373 e. The number of carbonyl (C=O) groups is 2. The van der Waals surface area contributed by atoms with E-state index in [1.807, 2.05) is 13.8 Å². The second kappa shape index (κ2) is 4.08. The van der Waals surface area contributed by atoms with E-state index in [1.54, 1.807) is 0 Å². The zero-order valence-corrected chi connectivity index (χ0v) is 12.3. The third kappa shape index (κ3) is 1.37. The number of rotatable bonds is 2. The Morgan fingerprint density at radius 1 is 1.56 bits per heavy atom. The summed E-state index contributed by atoms with van der Waals surface area (Å²) in [6.07, 6.45) is 1.62. The van der Waals surface area contributed by atoms with Gasteiger partial charge in [0.2, 0.25) is 5.76 Å². The third-order valence-electron chi connectivity index (χ3n) is 4.97. The second-order valence-corrected chi connectivity index (χ2v) is 6.12. The Labute approximate surface area is 115 Å². The molecule has 3 unspecified atom stereocenters. The smallest absolute Gasteiger partial charge is 0.373 e. The fourth-order valence-corrected chi connectivity index (χ4v) is 4.44. The Morgan fingerprint density at radius 3 is 2.61 bits per heavy atom. The molecule has 18 heavy (non-hydrogen) atoms. The average molecular weight is 317 g/mol. The lowest BCUT2D eigenvalue weighted by Crippen LogP contribution is -2.36. The summed E-state index contributed by atoms with van der Waals surface area (Å²) < 4.78 is 4.50. The monoisotopic (exact) mass is 316 g/mol. The molecule has 0 heterocycles. The van der Waals surface area contributed by atoms with Gasteiger partial charge in [-0.25, -0.2) is 4.79 Å². The Bertz CT molecular complexity index is 456. The molecule has 0 aromatic heterocycles. The molecule has 0 amide bonds. The standard InChI is InChI=1S/C13H17BrO4/c1-12-5-4-7(13(12,2)6-14)8(10(12)16)9(15)11(17)18-3/h7,15H,4-6H2,1-3H3. The number of esters is 1. The number of carbonyl (C=O) groups excluding carboxylic acids is 2. The summed E-state index contributed by atoms with van der Waals surface area (Å²) in [5.74, 6) is -1.52. The fraction of sp³-hybridized carbons (Fsp3) is 0.692. The van der Waals surface area contributed by atoms with E-state index in [2.05, 4.69) is 20.7 Å². The highest BCUT2D eigenvalue weighted by Crippen LogP contribution is 2.66. The molecule has 1 N–H and O–H groups in total. The van der Waals surface area contributed by atoms with E-state index in [9.17, 15) is 14.7 Å². The largest absolute Gasteiger partial charge is 0.502 e. The summed E-state index contributed by atoms with van der Waals surface area (Å²) >= 11 is 3.47. The van der Waals surface area contributed by atoms with Crippen molar-refractivity contribution in [2.45, 2.75) is 26.7 Å². The second-order valence-electron chi connectivity index (χ2n) is 5.56. The van der Waals surface area contributed by atoms with Gasteiger partial charge in [0.15, 0.2) is 5.78 Å². The van der Waals surface area contributed by atoms with Crippen LogP contribution in [0.5, 0.6) is 0 Å².